The quantitative estimate of drug-likeness (QED) is 0.356. The standard InChI is InChI=1S/C22H24N4O3/c1-5-18(21-14(2)24-25(4)15(21)3)23-19-12-11-17(13-20(19)26(28)29)22(27)16-9-7-6-8-10-16/h6-13,18,23H,5H2,1-4H3. The van der Waals surface area contributed by atoms with E-state index in [0.29, 0.717) is 11.3 Å². The molecular formula is C22H24N4O3. The van der Waals surface area contributed by atoms with Gasteiger partial charge in [-0.2, -0.15) is 5.10 Å². The molecule has 2 aromatic carbocycles. The van der Waals surface area contributed by atoms with Crippen LogP contribution >= 0.6 is 0 Å². The largest absolute Gasteiger partial charge is 0.373 e. The monoisotopic (exact) mass is 392 g/mol. The number of aryl methyl sites for hydroxylation is 2. The molecule has 1 unspecified atom stereocenters. The molecule has 1 aromatic heterocycles. The number of benzene rings is 2. The van der Waals surface area contributed by atoms with Crippen molar-refractivity contribution in [2.45, 2.75) is 33.2 Å². The van der Waals surface area contributed by atoms with Crippen LogP contribution < -0.4 is 5.32 Å². The molecule has 0 aliphatic heterocycles. The number of nitrogens with one attached hydrogen (secondary N) is 1. The van der Waals surface area contributed by atoms with Gasteiger partial charge in [-0.25, -0.2) is 0 Å². The Hall–Kier alpha value is -3.48. The molecule has 150 valence electrons. The van der Waals surface area contributed by atoms with Crippen LogP contribution in [-0.2, 0) is 7.05 Å². The summed E-state index contributed by atoms with van der Waals surface area (Å²) < 4.78 is 1.81. The van der Waals surface area contributed by atoms with Gasteiger partial charge in [0.25, 0.3) is 5.69 Å². The molecule has 0 aliphatic rings. The van der Waals surface area contributed by atoms with Crippen molar-refractivity contribution in [1.29, 1.82) is 0 Å². The molecule has 29 heavy (non-hydrogen) atoms. The lowest BCUT2D eigenvalue weighted by molar-refractivity contribution is -0.384. The van der Waals surface area contributed by atoms with Crippen LogP contribution in [0.15, 0.2) is 48.5 Å². The first-order valence-electron chi connectivity index (χ1n) is 9.48. The van der Waals surface area contributed by atoms with Gasteiger partial charge in [0.15, 0.2) is 5.78 Å². The molecule has 0 bridgehead atoms. The Balaban J connectivity index is 1.97. The zero-order chi connectivity index (χ0) is 21.1. The van der Waals surface area contributed by atoms with Crippen molar-refractivity contribution in [3.63, 3.8) is 0 Å². The normalized spacial score (nSPS) is 11.9. The highest BCUT2D eigenvalue weighted by Crippen LogP contribution is 2.33. The highest BCUT2D eigenvalue weighted by atomic mass is 16.6. The van der Waals surface area contributed by atoms with Crippen LogP contribution in [0.2, 0.25) is 0 Å². The number of hydrogen-bond donors (Lipinski definition) is 1. The molecule has 1 heterocycles. The smallest absolute Gasteiger partial charge is 0.293 e. The number of aromatic nitrogens is 2. The first-order valence-corrected chi connectivity index (χ1v) is 9.48. The van der Waals surface area contributed by atoms with E-state index in [2.05, 4.69) is 10.4 Å². The maximum Gasteiger partial charge on any atom is 0.293 e. The molecule has 1 atom stereocenters. The molecule has 7 nitrogen and oxygen atoms in total. The maximum absolute atomic E-state index is 12.7. The minimum atomic E-state index is -0.459. The van der Waals surface area contributed by atoms with Gasteiger partial charge in [-0.15, -0.1) is 0 Å². The maximum atomic E-state index is 12.7. The number of carbonyl (C=O) groups excluding carboxylic acids is 1. The summed E-state index contributed by atoms with van der Waals surface area (Å²) in [4.78, 5) is 23.9. The molecule has 0 amide bonds. The molecule has 7 heteroatoms. The highest BCUT2D eigenvalue weighted by Gasteiger charge is 2.24. The third kappa shape index (κ3) is 4.03. The van der Waals surface area contributed by atoms with Gasteiger partial charge in [0, 0.05) is 35.5 Å². The fraction of sp³-hybridized carbons (Fsp3) is 0.273. The van der Waals surface area contributed by atoms with E-state index in [-0.39, 0.29) is 23.1 Å². The zero-order valence-corrected chi connectivity index (χ0v) is 17.0. The fourth-order valence-electron chi connectivity index (χ4n) is 3.56. The molecular weight excluding hydrogens is 368 g/mol. The van der Waals surface area contributed by atoms with Gasteiger partial charge in [0.1, 0.15) is 5.69 Å². The molecule has 0 radical (unpaired) electrons. The lowest BCUT2D eigenvalue weighted by Gasteiger charge is -2.19. The molecule has 0 saturated carbocycles. The van der Waals surface area contributed by atoms with Gasteiger partial charge >= 0.3 is 0 Å². The highest BCUT2D eigenvalue weighted by molar-refractivity contribution is 6.09. The van der Waals surface area contributed by atoms with Gasteiger partial charge in [0.2, 0.25) is 0 Å². The Labute approximate surface area is 169 Å². The van der Waals surface area contributed by atoms with Crippen molar-refractivity contribution in [3.8, 4) is 0 Å². The topological polar surface area (TPSA) is 90.1 Å². The number of anilines is 1. The Morgan fingerprint density at radius 1 is 1.17 bits per heavy atom. The molecule has 3 rings (SSSR count). The Morgan fingerprint density at radius 2 is 1.86 bits per heavy atom. The predicted molar refractivity (Wildman–Crippen MR) is 112 cm³/mol. The summed E-state index contributed by atoms with van der Waals surface area (Å²) >= 11 is 0. The molecule has 0 spiro atoms. The van der Waals surface area contributed by atoms with Crippen LogP contribution in [0.4, 0.5) is 11.4 Å². The fourth-order valence-corrected chi connectivity index (χ4v) is 3.56. The second-order valence-electron chi connectivity index (χ2n) is 7.00. The lowest BCUT2D eigenvalue weighted by atomic mass is 10.00. The Kier molecular flexibility index (Phi) is 5.77. The second-order valence-corrected chi connectivity index (χ2v) is 7.00. The Morgan fingerprint density at radius 3 is 2.41 bits per heavy atom. The number of rotatable bonds is 7. The summed E-state index contributed by atoms with van der Waals surface area (Å²) in [6.07, 6.45) is 0.731. The summed E-state index contributed by atoms with van der Waals surface area (Å²) in [7, 11) is 1.88. The number of hydrogen-bond acceptors (Lipinski definition) is 5. The molecule has 1 N–H and O–H groups in total. The van der Waals surface area contributed by atoms with Gasteiger partial charge in [0.05, 0.1) is 16.7 Å². The van der Waals surface area contributed by atoms with Crippen molar-refractivity contribution < 1.29 is 9.72 Å². The SMILES string of the molecule is CCC(Nc1ccc(C(=O)c2ccccc2)cc1[N+](=O)[O-])c1c(C)nn(C)c1C. The van der Waals surface area contributed by atoms with Crippen molar-refractivity contribution in [3.05, 3.63) is 86.7 Å². The number of nitrogens with zero attached hydrogens (tertiary/aromatic N) is 3. The van der Waals surface area contributed by atoms with Crippen molar-refractivity contribution in [2.75, 3.05) is 5.32 Å². The number of ketones is 1. The van der Waals surface area contributed by atoms with Crippen LogP contribution in [0.1, 0.15) is 52.3 Å². The van der Waals surface area contributed by atoms with E-state index in [1.165, 1.54) is 6.07 Å². The molecule has 0 aliphatic carbocycles. The van der Waals surface area contributed by atoms with E-state index < -0.39 is 4.92 Å². The van der Waals surface area contributed by atoms with Crippen LogP contribution in [0, 0.1) is 24.0 Å². The minimum absolute atomic E-state index is 0.121. The second kappa shape index (κ2) is 8.26. The van der Waals surface area contributed by atoms with Crippen LogP contribution in [0.3, 0.4) is 0 Å². The van der Waals surface area contributed by atoms with E-state index in [1.807, 2.05) is 38.6 Å². The van der Waals surface area contributed by atoms with Crippen LogP contribution in [0.25, 0.3) is 0 Å². The van der Waals surface area contributed by atoms with Gasteiger partial charge in [-0.3, -0.25) is 19.6 Å². The zero-order valence-electron chi connectivity index (χ0n) is 17.0. The number of carbonyl (C=O) groups is 1. The number of nitro groups is 1. The lowest BCUT2D eigenvalue weighted by Crippen LogP contribution is -2.13. The molecule has 3 aromatic rings. The Bertz CT molecular complexity index is 1060. The van der Waals surface area contributed by atoms with Crippen molar-refractivity contribution >= 4 is 17.2 Å². The first kappa shape index (κ1) is 20.3. The van der Waals surface area contributed by atoms with E-state index >= 15 is 0 Å². The third-order valence-corrected chi connectivity index (χ3v) is 5.14. The van der Waals surface area contributed by atoms with Gasteiger partial charge < -0.3 is 5.32 Å². The summed E-state index contributed by atoms with van der Waals surface area (Å²) in [5.74, 6) is -0.244. The van der Waals surface area contributed by atoms with E-state index in [9.17, 15) is 14.9 Å². The van der Waals surface area contributed by atoms with E-state index in [1.54, 1.807) is 36.4 Å². The summed E-state index contributed by atoms with van der Waals surface area (Å²) in [5, 5.41) is 19.5. The van der Waals surface area contributed by atoms with E-state index in [0.717, 1.165) is 23.4 Å². The van der Waals surface area contributed by atoms with Crippen LogP contribution in [-0.4, -0.2) is 20.5 Å². The molecule has 0 saturated heterocycles. The minimum Gasteiger partial charge on any atom is -0.373 e. The molecule has 0 fully saturated rings. The average Bonchev–Trinajstić information content (AvgIpc) is 2.97. The van der Waals surface area contributed by atoms with Crippen molar-refractivity contribution in [2.24, 2.45) is 7.05 Å². The predicted octanol–water partition coefficient (Wildman–Crippen LogP) is 4.74. The van der Waals surface area contributed by atoms with E-state index in [4.69, 9.17) is 0 Å². The van der Waals surface area contributed by atoms with Crippen LogP contribution in [0.5, 0.6) is 0 Å². The summed E-state index contributed by atoms with van der Waals surface area (Å²) in [5.41, 5.74) is 3.99. The third-order valence-electron chi connectivity index (χ3n) is 5.14. The average molecular weight is 392 g/mol. The van der Waals surface area contributed by atoms with Gasteiger partial charge in [-0.05, 0) is 32.4 Å². The first-order chi connectivity index (χ1) is 13.8. The van der Waals surface area contributed by atoms with Gasteiger partial charge in [-0.1, -0.05) is 37.3 Å². The number of nitro benzene ring substituents is 1. The van der Waals surface area contributed by atoms with Crippen molar-refractivity contribution in [1.82, 2.24) is 9.78 Å². The summed E-state index contributed by atoms with van der Waals surface area (Å²) in [6.45, 7) is 5.93. The summed E-state index contributed by atoms with van der Waals surface area (Å²) in [6, 6.07) is 13.2.